The minimum absolute atomic E-state index is 0.214. The number of carbonyl (C=O) groups excluding carboxylic acids is 1. The van der Waals surface area contributed by atoms with Crippen LogP contribution in [0.25, 0.3) is 0 Å². The first-order chi connectivity index (χ1) is 11.2. The predicted molar refractivity (Wildman–Crippen MR) is 91.4 cm³/mol. The van der Waals surface area contributed by atoms with Gasteiger partial charge in [-0.2, -0.15) is 0 Å². The molecule has 1 aromatic heterocycles. The lowest BCUT2D eigenvalue weighted by molar-refractivity contribution is 0.0938. The normalized spacial score (nSPS) is 11.7. The predicted octanol–water partition coefficient (Wildman–Crippen LogP) is 4.25. The van der Waals surface area contributed by atoms with Gasteiger partial charge in [0.05, 0.1) is 6.04 Å². The minimum Gasteiger partial charge on any atom is -0.340 e. The Morgan fingerprint density at radius 1 is 0.870 bits per heavy atom. The summed E-state index contributed by atoms with van der Waals surface area (Å²) in [6, 6.07) is 22.3. The van der Waals surface area contributed by atoms with Crippen molar-refractivity contribution in [2.75, 3.05) is 0 Å². The van der Waals surface area contributed by atoms with Crippen molar-refractivity contribution in [1.82, 2.24) is 10.3 Å². The number of nitrogens with one attached hydrogen (secondary N) is 1. The zero-order valence-electron chi connectivity index (χ0n) is 12.3. The zero-order valence-corrected chi connectivity index (χ0v) is 13.1. The first-order valence-electron chi connectivity index (χ1n) is 7.26. The molecule has 4 heteroatoms. The molecule has 1 heterocycles. The number of pyridine rings is 1. The van der Waals surface area contributed by atoms with E-state index in [1.807, 2.05) is 54.6 Å². The molecule has 1 amide bonds. The fraction of sp³-hybridized carbons (Fsp3) is 0.0526. The van der Waals surface area contributed by atoms with Crippen LogP contribution in [-0.4, -0.2) is 10.9 Å². The van der Waals surface area contributed by atoms with Crippen LogP contribution in [0, 0.1) is 0 Å². The van der Waals surface area contributed by atoms with E-state index in [2.05, 4.69) is 10.3 Å². The van der Waals surface area contributed by atoms with Gasteiger partial charge in [0.1, 0.15) is 5.69 Å². The van der Waals surface area contributed by atoms with Gasteiger partial charge in [-0.05, 0) is 35.4 Å². The maximum atomic E-state index is 12.5. The standard InChI is InChI=1S/C19H15ClN2O/c20-16-11-9-15(10-12-16)18(14-6-2-1-3-7-14)22-19(23)17-8-4-5-13-21-17/h1-13,18H,(H,22,23). The number of amides is 1. The van der Waals surface area contributed by atoms with Crippen LogP contribution in [0.1, 0.15) is 27.7 Å². The molecule has 0 bridgehead atoms. The van der Waals surface area contributed by atoms with Gasteiger partial charge >= 0.3 is 0 Å². The highest BCUT2D eigenvalue weighted by molar-refractivity contribution is 6.30. The average Bonchev–Trinajstić information content (AvgIpc) is 2.62. The van der Waals surface area contributed by atoms with E-state index in [9.17, 15) is 4.79 Å². The molecular weight excluding hydrogens is 308 g/mol. The molecular formula is C19H15ClN2O. The summed E-state index contributed by atoms with van der Waals surface area (Å²) in [6.45, 7) is 0. The van der Waals surface area contributed by atoms with Crippen LogP contribution >= 0.6 is 11.6 Å². The van der Waals surface area contributed by atoms with Gasteiger partial charge in [0.25, 0.3) is 5.91 Å². The van der Waals surface area contributed by atoms with Crippen molar-refractivity contribution in [2.24, 2.45) is 0 Å². The Kier molecular flexibility index (Phi) is 4.69. The van der Waals surface area contributed by atoms with Crippen molar-refractivity contribution < 1.29 is 4.79 Å². The van der Waals surface area contributed by atoms with Crippen molar-refractivity contribution >= 4 is 17.5 Å². The van der Waals surface area contributed by atoms with Gasteiger partial charge in [-0.1, -0.05) is 60.1 Å². The van der Waals surface area contributed by atoms with E-state index in [-0.39, 0.29) is 11.9 Å². The van der Waals surface area contributed by atoms with Crippen LogP contribution in [0.3, 0.4) is 0 Å². The second kappa shape index (κ2) is 7.07. The van der Waals surface area contributed by atoms with Gasteiger partial charge in [0, 0.05) is 11.2 Å². The monoisotopic (exact) mass is 322 g/mol. The van der Waals surface area contributed by atoms with E-state index in [0.717, 1.165) is 11.1 Å². The van der Waals surface area contributed by atoms with Gasteiger partial charge in [0.15, 0.2) is 0 Å². The minimum atomic E-state index is -0.261. The third kappa shape index (κ3) is 3.76. The summed E-state index contributed by atoms with van der Waals surface area (Å²) in [5.41, 5.74) is 2.35. The number of hydrogen-bond donors (Lipinski definition) is 1. The fourth-order valence-electron chi connectivity index (χ4n) is 2.36. The summed E-state index contributed by atoms with van der Waals surface area (Å²) in [4.78, 5) is 16.6. The van der Waals surface area contributed by atoms with Crippen molar-refractivity contribution in [3.05, 3.63) is 101 Å². The number of aromatic nitrogens is 1. The Bertz CT molecular complexity index is 773. The summed E-state index contributed by atoms with van der Waals surface area (Å²) in [5, 5.41) is 3.70. The van der Waals surface area contributed by atoms with Crippen LogP contribution in [0.15, 0.2) is 79.0 Å². The summed E-state index contributed by atoms with van der Waals surface area (Å²) in [6.07, 6.45) is 1.61. The second-order valence-electron chi connectivity index (χ2n) is 5.08. The maximum Gasteiger partial charge on any atom is 0.270 e. The number of nitrogens with zero attached hydrogens (tertiary/aromatic N) is 1. The van der Waals surface area contributed by atoms with Gasteiger partial charge < -0.3 is 5.32 Å². The molecule has 0 aliphatic heterocycles. The van der Waals surface area contributed by atoms with Gasteiger partial charge in [-0.3, -0.25) is 9.78 Å². The fourth-order valence-corrected chi connectivity index (χ4v) is 2.49. The molecule has 0 saturated heterocycles. The molecule has 0 fully saturated rings. The van der Waals surface area contributed by atoms with Crippen LogP contribution < -0.4 is 5.32 Å². The molecule has 0 radical (unpaired) electrons. The maximum absolute atomic E-state index is 12.5. The molecule has 0 aliphatic carbocycles. The van der Waals surface area contributed by atoms with Crippen molar-refractivity contribution in [1.29, 1.82) is 0 Å². The number of hydrogen-bond acceptors (Lipinski definition) is 2. The highest BCUT2D eigenvalue weighted by Crippen LogP contribution is 2.23. The van der Waals surface area contributed by atoms with Crippen molar-refractivity contribution in [3.8, 4) is 0 Å². The lowest BCUT2D eigenvalue weighted by Gasteiger charge is -2.19. The Morgan fingerprint density at radius 2 is 1.52 bits per heavy atom. The topological polar surface area (TPSA) is 42.0 Å². The molecule has 3 rings (SSSR count). The first-order valence-corrected chi connectivity index (χ1v) is 7.64. The summed E-state index contributed by atoms with van der Waals surface area (Å²) >= 11 is 5.97. The number of benzene rings is 2. The van der Waals surface area contributed by atoms with E-state index >= 15 is 0 Å². The van der Waals surface area contributed by atoms with Crippen LogP contribution in [-0.2, 0) is 0 Å². The summed E-state index contributed by atoms with van der Waals surface area (Å²) in [7, 11) is 0. The molecule has 1 atom stereocenters. The SMILES string of the molecule is O=C(NC(c1ccccc1)c1ccc(Cl)cc1)c1ccccn1. The van der Waals surface area contributed by atoms with Crippen molar-refractivity contribution in [2.45, 2.75) is 6.04 Å². The largest absolute Gasteiger partial charge is 0.340 e. The van der Waals surface area contributed by atoms with Crippen LogP contribution in [0.2, 0.25) is 5.02 Å². The van der Waals surface area contributed by atoms with E-state index < -0.39 is 0 Å². The number of rotatable bonds is 4. The molecule has 3 aromatic rings. The molecule has 0 saturated carbocycles. The van der Waals surface area contributed by atoms with Crippen molar-refractivity contribution in [3.63, 3.8) is 0 Å². The quantitative estimate of drug-likeness (QED) is 0.780. The van der Waals surface area contributed by atoms with Gasteiger partial charge in [-0.25, -0.2) is 0 Å². The Morgan fingerprint density at radius 3 is 2.17 bits per heavy atom. The lowest BCUT2D eigenvalue weighted by atomic mass is 9.98. The lowest BCUT2D eigenvalue weighted by Crippen LogP contribution is -2.29. The number of carbonyl (C=O) groups is 1. The Labute approximate surface area is 140 Å². The smallest absolute Gasteiger partial charge is 0.270 e. The molecule has 1 unspecified atom stereocenters. The van der Waals surface area contributed by atoms with Crippen LogP contribution in [0.4, 0.5) is 0 Å². The highest BCUT2D eigenvalue weighted by atomic mass is 35.5. The number of halogens is 1. The highest BCUT2D eigenvalue weighted by Gasteiger charge is 2.18. The first kappa shape index (κ1) is 15.3. The summed E-state index contributed by atoms with van der Waals surface area (Å²) in [5.74, 6) is -0.214. The Balaban J connectivity index is 1.93. The molecule has 3 nitrogen and oxygen atoms in total. The van der Waals surface area contributed by atoms with Crippen LogP contribution in [0.5, 0.6) is 0 Å². The van der Waals surface area contributed by atoms with Gasteiger partial charge in [0.2, 0.25) is 0 Å². The molecule has 2 aromatic carbocycles. The molecule has 114 valence electrons. The van der Waals surface area contributed by atoms with E-state index in [1.165, 1.54) is 0 Å². The average molecular weight is 323 g/mol. The van der Waals surface area contributed by atoms with Gasteiger partial charge in [-0.15, -0.1) is 0 Å². The van der Waals surface area contributed by atoms with E-state index in [0.29, 0.717) is 10.7 Å². The van der Waals surface area contributed by atoms with E-state index in [4.69, 9.17) is 11.6 Å². The molecule has 23 heavy (non-hydrogen) atoms. The van der Waals surface area contributed by atoms with E-state index in [1.54, 1.807) is 24.4 Å². The third-order valence-corrected chi connectivity index (χ3v) is 3.76. The zero-order chi connectivity index (χ0) is 16.1. The summed E-state index contributed by atoms with van der Waals surface area (Å²) < 4.78 is 0. The second-order valence-corrected chi connectivity index (χ2v) is 5.52. The molecule has 0 aliphatic rings. The molecule has 1 N–H and O–H groups in total. The molecule has 0 spiro atoms. The Hall–Kier alpha value is -2.65. The third-order valence-electron chi connectivity index (χ3n) is 3.51.